The first-order valence-corrected chi connectivity index (χ1v) is 11.2. The van der Waals surface area contributed by atoms with Gasteiger partial charge in [0, 0.05) is 18.8 Å². The molecule has 2 rings (SSSR count). The molecule has 178 valence electrons. The molecule has 1 unspecified atom stereocenters. The third-order valence-electron chi connectivity index (χ3n) is 5.01. The highest BCUT2D eigenvalue weighted by Crippen LogP contribution is 2.24. The maximum absolute atomic E-state index is 14.5. The molecule has 0 saturated heterocycles. The quantitative estimate of drug-likeness (QED) is 0.214. The van der Waals surface area contributed by atoms with Crippen LogP contribution in [-0.2, 0) is 6.54 Å². The van der Waals surface area contributed by atoms with Crippen molar-refractivity contribution >= 4 is 29.9 Å². The highest BCUT2D eigenvalue weighted by atomic mass is 127. The van der Waals surface area contributed by atoms with E-state index in [9.17, 15) is 4.39 Å². The van der Waals surface area contributed by atoms with Crippen molar-refractivity contribution in [1.82, 2.24) is 20.5 Å². The minimum atomic E-state index is -0.417. The maximum atomic E-state index is 14.5. The van der Waals surface area contributed by atoms with Gasteiger partial charge in [-0.05, 0) is 76.2 Å². The van der Waals surface area contributed by atoms with Crippen LogP contribution in [0.2, 0.25) is 0 Å². The molecule has 0 fully saturated rings. The average Bonchev–Trinajstić information content (AvgIpc) is 2.77. The smallest absolute Gasteiger partial charge is 0.191 e. The van der Waals surface area contributed by atoms with E-state index in [1.807, 2.05) is 13.0 Å². The molecule has 0 bridgehead atoms. The Kier molecular flexibility index (Phi) is 13.9. The molecule has 0 radical (unpaired) electrons. The van der Waals surface area contributed by atoms with Crippen LogP contribution in [0.5, 0.6) is 11.5 Å². The molecule has 8 heteroatoms. The standard InChI is InChI=1S/C24H36FN5O.HI/c1-5-27-24(29-19(4)10-9-15-30(6-2)7-3)28-17-20-12-13-23(22(25)16-20)31-21-11-8-14-26-18-21;/h8,11-14,16,18-19H,5-7,9-10,15,17H2,1-4H3,(H2,27,28,29);1H. The summed E-state index contributed by atoms with van der Waals surface area (Å²) in [7, 11) is 0. The summed E-state index contributed by atoms with van der Waals surface area (Å²) in [5.41, 5.74) is 0.780. The summed E-state index contributed by atoms with van der Waals surface area (Å²) in [6.07, 6.45) is 5.40. The minimum Gasteiger partial charge on any atom is -0.453 e. The lowest BCUT2D eigenvalue weighted by molar-refractivity contribution is 0.292. The molecule has 0 aliphatic heterocycles. The van der Waals surface area contributed by atoms with Gasteiger partial charge >= 0.3 is 0 Å². The Labute approximate surface area is 209 Å². The summed E-state index contributed by atoms with van der Waals surface area (Å²) >= 11 is 0. The third kappa shape index (κ3) is 10.1. The van der Waals surface area contributed by atoms with Gasteiger partial charge in [-0.2, -0.15) is 0 Å². The third-order valence-corrected chi connectivity index (χ3v) is 5.01. The molecule has 6 nitrogen and oxygen atoms in total. The predicted octanol–water partition coefficient (Wildman–Crippen LogP) is 5.20. The molecular formula is C24H37FIN5O. The van der Waals surface area contributed by atoms with Gasteiger partial charge in [-0.15, -0.1) is 24.0 Å². The average molecular weight is 557 g/mol. The van der Waals surface area contributed by atoms with Gasteiger partial charge in [-0.1, -0.05) is 19.9 Å². The van der Waals surface area contributed by atoms with Crippen molar-refractivity contribution in [3.63, 3.8) is 0 Å². The molecular weight excluding hydrogens is 520 g/mol. The van der Waals surface area contributed by atoms with Gasteiger partial charge in [-0.3, -0.25) is 4.98 Å². The number of hydrogen-bond donors (Lipinski definition) is 2. The first kappa shape index (κ1) is 28.1. The van der Waals surface area contributed by atoms with Crippen molar-refractivity contribution < 1.29 is 9.13 Å². The van der Waals surface area contributed by atoms with Gasteiger partial charge in [0.2, 0.25) is 0 Å². The fraction of sp³-hybridized carbons (Fsp3) is 0.500. The highest BCUT2D eigenvalue weighted by molar-refractivity contribution is 14.0. The van der Waals surface area contributed by atoms with Crippen LogP contribution in [0.3, 0.4) is 0 Å². The highest BCUT2D eigenvalue weighted by Gasteiger charge is 2.09. The first-order chi connectivity index (χ1) is 15.0. The van der Waals surface area contributed by atoms with Crippen molar-refractivity contribution in [3.8, 4) is 11.5 Å². The number of halogens is 2. The molecule has 32 heavy (non-hydrogen) atoms. The van der Waals surface area contributed by atoms with Crippen molar-refractivity contribution in [3.05, 3.63) is 54.1 Å². The van der Waals surface area contributed by atoms with Gasteiger partial charge in [0.15, 0.2) is 17.5 Å². The second kappa shape index (κ2) is 15.8. The predicted molar refractivity (Wildman–Crippen MR) is 141 cm³/mol. The summed E-state index contributed by atoms with van der Waals surface area (Å²) in [6.45, 7) is 13.0. The van der Waals surface area contributed by atoms with Crippen LogP contribution in [-0.4, -0.2) is 48.1 Å². The normalized spacial score (nSPS) is 12.2. The Balaban J connectivity index is 0.00000512. The molecule has 0 spiro atoms. The van der Waals surface area contributed by atoms with Crippen LogP contribution in [0, 0.1) is 5.82 Å². The lowest BCUT2D eigenvalue weighted by atomic mass is 10.2. The van der Waals surface area contributed by atoms with E-state index in [0.29, 0.717) is 18.3 Å². The maximum Gasteiger partial charge on any atom is 0.191 e. The number of rotatable bonds is 12. The van der Waals surface area contributed by atoms with E-state index >= 15 is 0 Å². The zero-order valence-corrected chi connectivity index (χ0v) is 21.9. The van der Waals surface area contributed by atoms with E-state index in [-0.39, 0.29) is 29.7 Å². The number of aliphatic imine (C=N–C) groups is 1. The van der Waals surface area contributed by atoms with E-state index < -0.39 is 5.82 Å². The summed E-state index contributed by atoms with van der Waals surface area (Å²) in [5.74, 6) is 1.00. The molecule has 0 aliphatic rings. The molecule has 2 N–H and O–H groups in total. The molecule has 1 aromatic heterocycles. The van der Waals surface area contributed by atoms with E-state index in [1.54, 1.807) is 30.6 Å². The topological polar surface area (TPSA) is 61.8 Å². The van der Waals surface area contributed by atoms with Crippen LogP contribution in [0.25, 0.3) is 0 Å². The summed E-state index contributed by atoms with van der Waals surface area (Å²) in [5, 5.41) is 6.72. The molecule has 0 aliphatic carbocycles. The van der Waals surface area contributed by atoms with Gasteiger partial charge < -0.3 is 20.3 Å². The van der Waals surface area contributed by atoms with Crippen LogP contribution in [0.4, 0.5) is 4.39 Å². The van der Waals surface area contributed by atoms with Crippen molar-refractivity contribution in [2.45, 2.75) is 53.1 Å². The lowest BCUT2D eigenvalue weighted by Crippen LogP contribution is -2.42. The molecule has 1 atom stereocenters. The van der Waals surface area contributed by atoms with Crippen molar-refractivity contribution in [2.24, 2.45) is 4.99 Å². The molecule has 1 heterocycles. The number of pyridine rings is 1. The SMILES string of the molecule is CCNC(=NCc1ccc(Oc2cccnc2)c(F)c1)NC(C)CCCN(CC)CC.I. The summed E-state index contributed by atoms with van der Waals surface area (Å²) in [4.78, 5) is 11.0. The Morgan fingerprint density at radius 1 is 1.22 bits per heavy atom. The number of nitrogens with zero attached hydrogens (tertiary/aromatic N) is 3. The van der Waals surface area contributed by atoms with Gasteiger partial charge in [0.25, 0.3) is 0 Å². The fourth-order valence-corrected chi connectivity index (χ4v) is 3.22. The monoisotopic (exact) mass is 557 g/mol. The van der Waals surface area contributed by atoms with E-state index in [4.69, 9.17) is 4.74 Å². The molecule has 2 aromatic rings. The summed E-state index contributed by atoms with van der Waals surface area (Å²) < 4.78 is 20.0. The first-order valence-electron chi connectivity index (χ1n) is 11.2. The van der Waals surface area contributed by atoms with Crippen molar-refractivity contribution in [1.29, 1.82) is 0 Å². The molecule has 0 amide bonds. The zero-order chi connectivity index (χ0) is 22.5. The minimum absolute atomic E-state index is 0. The van der Waals surface area contributed by atoms with E-state index in [2.05, 4.69) is 46.3 Å². The molecule has 1 aromatic carbocycles. The second-order valence-electron chi connectivity index (χ2n) is 7.47. The van der Waals surface area contributed by atoms with E-state index in [1.165, 1.54) is 6.07 Å². The number of nitrogens with one attached hydrogen (secondary N) is 2. The largest absolute Gasteiger partial charge is 0.453 e. The Hall–Kier alpha value is -1.94. The number of aromatic nitrogens is 1. The van der Waals surface area contributed by atoms with Gasteiger partial charge in [-0.25, -0.2) is 9.38 Å². The zero-order valence-electron chi connectivity index (χ0n) is 19.6. The van der Waals surface area contributed by atoms with Crippen LogP contribution < -0.4 is 15.4 Å². The lowest BCUT2D eigenvalue weighted by Gasteiger charge is -2.21. The summed E-state index contributed by atoms with van der Waals surface area (Å²) in [6, 6.07) is 8.71. The van der Waals surface area contributed by atoms with Crippen molar-refractivity contribution in [2.75, 3.05) is 26.2 Å². The van der Waals surface area contributed by atoms with E-state index in [0.717, 1.165) is 50.5 Å². The number of hydrogen-bond acceptors (Lipinski definition) is 4. The van der Waals surface area contributed by atoms with Crippen LogP contribution in [0.15, 0.2) is 47.7 Å². The number of ether oxygens (including phenoxy) is 1. The second-order valence-corrected chi connectivity index (χ2v) is 7.47. The van der Waals surface area contributed by atoms with Gasteiger partial charge in [0.1, 0.15) is 5.75 Å². The van der Waals surface area contributed by atoms with Crippen LogP contribution in [0.1, 0.15) is 46.1 Å². The Morgan fingerprint density at radius 2 is 2.00 bits per heavy atom. The van der Waals surface area contributed by atoms with Gasteiger partial charge in [0.05, 0.1) is 12.7 Å². The molecule has 0 saturated carbocycles. The van der Waals surface area contributed by atoms with Crippen LogP contribution >= 0.6 is 24.0 Å². The number of benzene rings is 1. The Morgan fingerprint density at radius 3 is 2.62 bits per heavy atom. The fourth-order valence-electron chi connectivity index (χ4n) is 3.22. The Bertz CT molecular complexity index is 802. The number of guanidine groups is 1.